The Hall–Kier alpha value is -2.19. The maximum Gasteiger partial charge on any atom is 0.165 e. The fourth-order valence-electron chi connectivity index (χ4n) is 2.59. The lowest BCUT2D eigenvalue weighted by molar-refractivity contribution is 0.00297. The summed E-state index contributed by atoms with van der Waals surface area (Å²) in [5.74, 6) is 0.124. The molecule has 106 valence electrons. The van der Waals surface area contributed by atoms with E-state index in [0.29, 0.717) is 6.42 Å². The molecule has 21 heavy (non-hydrogen) atoms. The van der Waals surface area contributed by atoms with E-state index in [2.05, 4.69) is 18.2 Å². The SMILES string of the molecule is O=C(C[C@H]1C=CC[C@@H](c2ccccc2)O1)c1ccccc1. The number of carbonyl (C=O) groups is 1. The van der Waals surface area contributed by atoms with E-state index in [1.165, 1.54) is 5.56 Å². The summed E-state index contributed by atoms with van der Waals surface area (Å²) in [6.45, 7) is 0. The standard InChI is InChI=1S/C19H18O2/c20-18(15-8-3-1-4-9-15)14-17-12-7-13-19(21-17)16-10-5-2-6-11-16/h1-12,17,19H,13-14H2/t17-,19+/m1/s1. The predicted octanol–water partition coefficient (Wildman–Crippen LogP) is 4.35. The molecule has 2 heteroatoms. The highest BCUT2D eigenvalue weighted by Gasteiger charge is 2.22. The molecule has 0 fully saturated rings. The lowest BCUT2D eigenvalue weighted by atomic mass is 10.00. The van der Waals surface area contributed by atoms with Crippen LogP contribution in [0.2, 0.25) is 0 Å². The van der Waals surface area contributed by atoms with Gasteiger partial charge in [0.15, 0.2) is 5.78 Å². The van der Waals surface area contributed by atoms with Crippen LogP contribution in [0.15, 0.2) is 72.8 Å². The molecule has 0 saturated heterocycles. The first-order valence-electron chi connectivity index (χ1n) is 7.28. The summed E-state index contributed by atoms with van der Waals surface area (Å²) < 4.78 is 6.06. The number of benzene rings is 2. The molecular weight excluding hydrogens is 260 g/mol. The van der Waals surface area contributed by atoms with Crippen LogP contribution < -0.4 is 0 Å². The van der Waals surface area contributed by atoms with Crippen LogP contribution in [0.25, 0.3) is 0 Å². The number of hydrogen-bond donors (Lipinski definition) is 0. The van der Waals surface area contributed by atoms with Gasteiger partial charge in [-0.2, -0.15) is 0 Å². The summed E-state index contributed by atoms with van der Waals surface area (Å²) in [5, 5.41) is 0. The summed E-state index contributed by atoms with van der Waals surface area (Å²) in [7, 11) is 0. The van der Waals surface area contributed by atoms with Gasteiger partial charge in [0.05, 0.1) is 12.2 Å². The van der Waals surface area contributed by atoms with Crippen LogP contribution in [0.1, 0.15) is 34.9 Å². The molecule has 0 unspecified atom stereocenters. The molecule has 0 radical (unpaired) electrons. The molecule has 0 aliphatic carbocycles. The third-order valence-corrected chi connectivity index (χ3v) is 3.69. The second-order valence-corrected chi connectivity index (χ2v) is 5.23. The van der Waals surface area contributed by atoms with Gasteiger partial charge in [0.1, 0.15) is 0 Å². The van der Waals surface area contributed by atoms with Crippen LogP contribution in [0.5, 0.6) is 0 Å². The molecule has 1 aliphatic rings. The largest absolute Gasteiger partial charge is 0.365 e. The molecule has 0 saturated carbocycles. The first-order chi connectivity index (χ1) is 10.3. The molecule has 2 aromatic carbocycles. The summed E-state index contributed by atoms with van der Waals surface area (Å²) in [6, 6.07) is 19.6. The molecule has 0 aromatic heterocycles. The molecule has 2 nitrogen and oxygen atoms in total. The lowest BCUT2D eigenvalue weighted by Crippen LogP contribution is -2.21. The van der Waals surface area contributed by atoms with Gasteiger partial charge in [-0.25, -0.2) is 0 Å². The Bertz CT molecular complexity index is 617. The van der Waals surface area contributed by atoms with Crippen molar-refractivity contribution in [2.24, 2.45) is 0 Å². The van der Waals surface area contributed by atoms with Gasteiger partial charge in [0.2, 0.25) is 0 Å². The minimum absolute atomic E-state index is 0.0461. The zero-order chi connectivity index (χ0) is 14.5. The fraction of sp³-hybridized carbons (Fsp3) is 0.211. The maximum absolute atomic E-state index is 12.2. The zero-order valence-corrected chi connectivity index (χ0v) is 11.8. The summed E-state index contributed by atoms with van der Waals surface area (Å²) >= 11 is 0. The van der Waals surface area contributed by atoms with Crippen LogP contribution in [-0.4, -0.2) is 11.9 Å². The van der Waals surface area contributed by atoms with Gasteiger partial charge in [-0.3, -0.25) is 4.79 Å². The average molecular weight is 278 g/mol. The minimum Gasteiger partial charge on any atom is -0.365 e. The Kier molecular flexibility index (Phi) is 4.27. The van der Waals surface area contributed by atoms with E-state index in [4.69, 9.17) is 4.74 Å². The van der Waals surface area contributed by atoms with E-state index in [9.17, 15) is 4.79 Å². The van der Waals surface area contributed by atoms with Crippen LogP contribution in [-0.2, 0) is 4.74 Å². The molecule has 0 amide bonds. The van der Waals surface area contributed by atoms with Crippen molar-refractivity contribution < 1.29 is 9.53 Å². The highest BCUT2D eigenvalue weighted by molar-refractivity contribution is 5.96. The highest BCUT2D eigenvalue weighted by atomic mass is 16.5. The Morgan fingerprint density at radius 3 is 2.38 bits per heavy atom. The Morgan fingerprint density at radius 2 is 1.67 bits per heavy atom. The quantitative estimate of drug-likeness (QED) is 0.614. The normalized spacial score (nSPS) is 21.1. The number of rotatable bonds is 4. The van der Waals surface area contributed by atoms with E-state index >= 15 is 0 Å². The van der Waals surface area contributed by atoms with Gasteiger partial charge >= 0.3 is 0 Å². The number of ether oxygens (including phenoxy) is 1. The van der Waals surface area contributed by atoms with E-state index < -0.39 is 0 Å². The molecular formula is C19H18O2. The Morgan fingerprint density at radius 1 is 1.00 bits per heavy atom. The van der Waals surface area contributed by atoms with E-state index in [0.717, 1.165) is 12.0 Å². The molecule has 0 spiro atoms. The van der Waals surface area contributed by atoms with Crippen molar-refractivity contribution in [2.75, 3.05) is 0 Å². The van der Waals surface area contributed by atoms with Gasteiger partial charge in [-0.05, 0) is 12.0 Å². The van der Waals surface area contributed by atoms with Crippen molar-refractivity contribution >= 4 is 5.78 Å². The molecule has 1 heterocycles. The monoisotopic (exact) mass is 278 g/mol. The van der Waals surface area contributed by atoms with Crippen molar-refractivity contribution in [3.05, 3.63) is 83.9 Å². The Balaban J connectivity index is 1.66. The highest BCUT2D eigenvalue weighted by Crippen LogP contribution is 2.28. The molecule has 2 aromatic rings. The molecule has 0 bridgehead atoms. The second-order valence-electron chi connectivity index (χ2n) is 5.23. The van der Waals surface area contributed by atoms with Crippen LogP contribution in [0.3, 0.4) is 0 Å². The van der Waals surface area contributed by atoms with Crippen molar-refractivity contribution in [3.63, 3.8) is 0 Å². The summed E-state index contributed by atoms with van der Waals surface area (Å²) in [6.07, 6.45) is 5.27. The minimum atomic E-state index is -0.142. The van der Waals surface area contributed by atoms with Crippen LogP contribution in [0.4, 0.5) is 0 Å². The molecule has 0 N–H and O–H groups in total. The molecule has 3 rings (SSSR count). The van der Waals surface area contributed by atoms with E-state index in [1.807, 2.05) is 54.6 Å². The summed E-state index contributed by atoms with van der Waals surface area (Å²) in [4.78, 5) is 12.2. The zero-order valence-electron chi connectivity index (χ0n) is 11.8. The number of Topliss-reactive ketones (excluding diaryl/α,β-unsaturated/α-hetero) is 1. The van der Waals surface area contributed by atoms with E-state index in [-0.39, 0.29) is 18.0 Å². The fourth-order valence-corrected chi connectivity index (χ4v) is 2.59. The van der Waals surface area contributed by atoms with Gasteiger partial charge in [0, 0.05) is 12.0 Å². The number of hydrogen-bond acceptors (Lipinski definition) is 2. The number of ketones is 1. The van der Waals surface area contributed by atoms with Crippen molar-refractivity contribution in [2.45, 2.75) is 25.0 Å². The van der Waals surface area contributed by atoms with Gasteiger partial charge in [0.25, 0.3) is 0 Å². The number of carbonyl (C=O) groups excluding carboxylic acids is 1. The lowest BCUT2D eigenvalue weighted by Gasteiger charge is -2.26. The first-order valence-corrected chi connectivity index (χ1v) is 7.28. The van der Waals surface area contributed by atoms with E-state index in [1.54, 1.807) is 0 Å². The van der Waals surface area contributed by atoms with Crippen LogP contribution in [0, 0.1) is 0 Å². The molecule has 1 aliphatic heterocycles. The average Bonchev–Trinajstić information content (AvgIpc) is 2.57. The molecule has 2 atom stereocenters. The second kappa shape index (κ2) is 6.51. The van der Waals surface area contributed by atoms with Gasteiger partial charge < -0.3 is 4.74 Å². The van der Waals surface area contributed by atoms with Crippen molar-refractivity contribution in [3.8, 4) is 0 Å². The third kappa shape index (κ3) is 3.47. The van der Waals surface area contributed by atoms with Crippen molar-refractivity contribution in [1.82, 2.24) is 0 Å². The Labute approximate surface area is 125 Å². The van der Waals surface area contributed by atoms with Crippen LogP contribution >= 0.6 is 0 Å². The first kappa shape index (κ1) is 13.8. The van der Waals surface area contributed by atoms with Gasteiger partial charge in [-0.1, -0.05) is 72.8 Å². The van der Waals surface area contributed by atoms with Gasteiger partial charge in [-0.15, -0.1) is 0 Å². The topological polar surface area (TPSA) is 26.3 Å². The maximum atomic E-state index is 12.2. The smallest absolute Gasteiger partial charge is 0.165 e. The van der Waals surface area contributed by atoms with Crippen molar-refractivity contribution in [1.29, 1.82) is 0 Å². The third-order valence-electron chi connectivity index (χ3n) is 3.69. The predicted molar refractivity (Wildman–Crippen MR) is 83.2 cm³/mol. The summed E-state index contributed by atoms with van der Waals surface area (Å²) in [5.41, 5.74) is 1.91.